The Bertz CT molecular complexity index is 239. The summed E-state index contributed by atoms with van der Waals surface area (Å²) >= 11 is -1.39. The van der Waals surface area contributed by atoms with Crippen molar-refractivity contribution in [3.63, 3.8) is 0 Å². The number of halogens is 1. The molecule has 0 amide bonds. The van der Waals surface area contributed by atoms with Gasteiger partial charge in [-0.05, 0) is 0 Å². The number of benzene rings is 1. The Balaban J connectivity index is 2.45. The van der Waals surface area contributed by atoms with Crippen molar-refractivity contribution >= 4 is 0 Å². The fraction of sp³-hybridized carbons (Fsp3) is 0. The van der Waals surface area contributed by atoms with Crippen LogP contribution >= 0.6 is 0 Å². The molecule has 1 rings (SSSR count). The normalized spacial score (nSPS) is 9.45. The molecule has 0 heterocycles. The molecule has 0 saturated heterocycles. The second-order valence-corrected chi connectivity index (χ2v) is 3.29. The zero-order chi connectivity index (χ0) is 8.10. The zero-order valence-corrected chi connectivity index (χ0v) is 7.59. The molecule has 0 unspecified atom stereocenters. The molecule has 4 nitrogen and oxygen atoms in total. The van der Waals surface area contributed by atoms with Crippen molar-refractivity contribution in [1.82, 2.24) is 0 Å². The summed E-state index contributed by atoms with van der Waals surface area (Å²) in [5, 5.41) is 9.90. The third kappa shape index (κ3) is 3.17. The van der Waals surface area contributed by atoms with E-state index in [1.54, 1.807) is 24.3 Å². The topological polar surface area (TPSA) is 52.4 Å². The summed E-state index contributed by atoms with van der Waals surface area (Å²) in [5.41, 5.74) is 0. The average molecular weight is 266 g/mol. The Morgan fingerprint density at radius 1 is 1.36 bits per heavy atom. The molecular weight excluding hydrogens is 261 g/mol. The van der Waals surface area contributed by atoms with Gasteiger partial charge in [0.15, 0.2) is 0 Å². The first-order valence-electron chi connectivity index (χ1n) is 2.80. The molecule has 0 atom stereocenters. The molecule has 11 heavy (non-hydrogen) atoms. The van der Waals surface area contributed by atoms with Gasteiger partial charge in [0.25, 0.3) is 0 Å². The van der Waals surface area contributed by atoms with Gasteiger partial charge in [-0.3, -0.25) is 0 Å². The van der Waals surface area contributed by atoms with Gasteiger partial charge in [0.2, 0.25) is 0 Å². The van der Waals surface area contributed by atoms with Crippen molar-refractivity contribution in [2.45, 2.75) is 0 Å². The van der Waals surface area contributed by atoms with Crippen LogP contribution in [0.4, 0.5) is 0 Å². The van der Waals surface area contributed by atoms with Crippen molar-refractivity contribution in [2.24, 2.45) is 0 Å². The third-order valence-electron chi connectivity index (χ3n) is 0.923. The number of hydrogen-bond acceptors (Lipinski definition) is 3. The summed E-state index contributed by atoms with van der Waals surface area (Å²) in [6.07, 6.45) is 0. The number of rotatable bonds is 3. The Kier molecular flexibility index (Phi) is 3.09. The summed E-state index contributed by atoms with van der Waals surface area (Å²) in [5.74, 6) is 0.567. The van der Waals surface area contributed by atoms with Gasteiger partial charge in [-0.2, -0.15) is 0 Å². The predicted molar refractivity (Wildman–Crippen MR) is 34.1 cm³/mol. The van der Waals surface area contributed by atoms with Crippen LogP contribution in [0.3, 0.4) is 0 Å². The SMILES string of the molecule is O=[N+]([O-])[I-]Oc1ccccc1. The van der Waals surface area contributed by atoms with Gasteiger partial charge in [0.1, 0.15) is 0 Å². The second-order valence-electron chi connectivity index (χ2n) is 1.67. The first-order valence-corrected chi connectivity index (χ1v) is 4.65. The summed E-state index contributed by atoms with van der Waals surface area (Å²) in [4.78, 5) is 9.90. The number of nitro groups is 1. The quantitative estimate of drug-likeness (QED) is 0.282. The van der Waals surface area contributed by atoms with Crippen LogP contribution in [0.5, 0.6) is 5.75 Å². The van der Waals surface area contributed by atoms with Crippen molar-refractivity contribution in [1.29, 1.82) is 0 Å². The third-order valence-corrected chi connectivity index (χ3v) is 1.95. The second kappa shape index (κ2) is 4.12. The van der Waals surface area contributed by atoms with E-state index in [1.165, 1.54) is 0 Å². The summed E-state index contributed by atoms with van der Waals surface area (Å²) in [6, 6.07) is 8.78. The van der Waals surface area contributed by atoms with Gasteiger partial charge in [-0.15, -0.1) is 0 Å². The van der Waals surface area contributed by atoms with Crippen LogP contribution in [0.2, 0.25) is 0 Å². The molecule has 0 aliphatic rings. The van der Waals surface area contributed by atoms with E-state index in [1.807, 2.05) is 6.07 Å². The number of para-hydroxylation sites is 1. The van der Waals surface area contributed by atoms with Crippen molar-refractivity contribution in [2.75, 3.05) is 0 Å². The van der Waals surface area contributed by atoms with Crippen molar-refractivity contribution < 1.29 is 28.1 Å². The molecule has 0 aliphatic heterocycles. The molecule has 0 radical (unpaired) electrons. The van der Waals surface area contributed by atoms with E-state index in [2.05, 4.69) is 0 Å². The van der Waals surface area contributed by atoms with Crippen LogP contribution in [0.1, 0.15) is 0 Å². The Labute approximate surface area is 74.5 Å². The van der Waals surface area contributed by atoms with E-state index in [0.29, 0.717) is 5.75 Å². The Morgan fingerprint density at radius 2 is 2.00 bits per heavy atom. The molecular formula is C6H5INO3-. The maximum absolute atomic E-state index is 9.90. The summed E-state index contributed by atoms with van der Waals surface area (Å²) in [6.45, 7) is 0. The molecule has 1 aromatic carbocycles. The van der Waals surface area contributed by atoms with E-state index < -0.39 is 25.0 Å². The van der Waals surface area contributed by atoms with Crippen molar-refractivity contribution in [3.05, 3.63) is 40.4 Å². The molecule has 1 aromatic rings. The van der Waals surface area contributed by atoms with Crippen LogP contribution in [-0.4, -0.2) is 3.14 Å². The molecule has 0 bridgehead atoms. The van der Waals surface area contributed by atoms with Crippen LogP contribution in [0, 0.1) is 10.1 Å². The first-order chi connectivity index (χ1) is 5.29. The first kappa shape index (κ1) is 8.25. The molecule has 5 heteroatoms. The van der Waals surface area contributed by atoms with E-state index in [-0.39, 0.29) is 0 Å². The van der Waals surface area contributed by atoms with Crippen LogP contribution in [0.15, 0.2) is 30.3 Å². The molecule has 0 aromatic heterocycles. The average Bonchev–Trinajstić information content (AvgIpc) is 2.03. The standard InChI is InChI=1S/C6H5INO3/c9-8(10)7-11-6-4-2-1-3-5-6/h1-5H/q-1. The molecule has 0 aliphatic carbocycles. The van der Waals surface area contributed by atoms with Crippen LogP contribution in [0.25, 0.3) is 0 Å². The number of hydrogen-bond donors (Lipinski definition) is 0. The monoisotopic (exact) mass is 266 g/mol. The Morgan fingerprint density at radius 3 is 2.55 bits per heavy atom. The molecule has 60 valence electrons. The van der Waals surface area contributed by atoms with E-state index in [4.69, 9.17) is 3.07 Å². The predicted octanol–water partition coefficient (Wildman–Crippen LogP) is -1.74. The van der Waals surface area contributed by atoms with Crippen LogP contribution in [-0.2, 0) is 0 Å². The van der Waals surface area contributed by atoms with Gasteiger partial charge >= 0.3 is 74.3 Å². The van der Waals surface area contributed by atoms with E-state index in [9.17, 15) is 10.1 Å². The molecule has 0 N–H and O–H groups in total. The van der Waals surface area contributed by atoms with Gasteiger partial charge in [-0.25, -0.2) is 0 Å². The summed E-state index contributed by atoms with van der Waals surface area (Å²) in [7, 11) is 0. The maximum atomic E-state index is 9.90. The molecule has 0 fully saturated rings. The van der Waals surface area contributed by atoms with E-state index in [0.717, 1.165) is 0 Å². The minimum absolute atomic E-state index is 0.411. The van der Waals surface area contributed by atoms with Gasteiger partial charge in [0.05, 0.1) is 0 Å². The fourth-order valence-electron chi connectivity index (χ4n) is 0.540. The van der Waals surface area contributed by atoms with Crippen molar-refractivity contribution in [3.8, 4) is 5.75 Å². The fourth-order valence-corrected chi connectivity index (χ4v) is 1.22. The van der Waals surface area contributed by atoms with Crippen LogP contribution < -0.4 is 25.0 Å². The Hall–Kier alpha value is -0.850. The minimum atomic E-state index is -1.39. The molecule has 0 spiro atoms. The van der Waals surface area contributed by atoms with Gasteiger partial charge in [-0.1, -0.05) is 0 Å². The van der Waals surface area contributed by atoms with Gasteiger partial charge in [0, 0.05) is 0 Å². The van der Waals surface area contributed by atoms with Gasteiger partial charge < -0.3 is 0 Å². The molecule has 0 saturated carbocycles. The summed E-state index contributed by atoms with van der Waals surface area (Å²) < 4.78 is 4.47. The van der Waals surface area contributed by atoms with E-state index >= 15 is 0 Å². The number of nitrogens with zero attached hydrogens (tertiary/aromatic N) is 1. The zero-order valence-electron chi connectivity index (χ0n) is 5.44.